The van der Waals surface area contributed by atoms with Crippen LogP contribution in [0.4, 0.5) is 5.82 Å². The Morgan fingerprint density at radius 3 is 2.81 bits per heavy atom. The molecule has 0 saturated heterocycles. The molecule has 0 saturated carbocycles. The number of fused-ring (bicyclic) bond motifs is 1. The third-order valence-corrected chi connectivity index (χ3v) is 4.76. The highest BCUT2D eigenvalue weighted by Gasteiger charge is 2.16. The average Bonchev–Trinajstić information content (AvgIpc) is 2.97. The average molecular weight is 393 g/mol. The lowest BCUT2D eigenvalue weighted by Crippen LogP contribution is -2.25. The van der Waals surface area contributed by atoms with E-state index in [0.29, 0.717) is 32.7 Å². The fraction of sp³-hybridized carbons (Fsp3) is 0.294. The summed E-state index contributed by atoms with van der Waals surface area (Å²) in [6, 6.07) is 6.50. The molecule has 0 spiro atoms. The first-order valence-corrected chi connectivity index (χ1v) is 9.29. The molecular weight excluding hydrogens is 376 g/mol. The maximum atomic E-state index is 12.8. The number of aryl methyl sites for hydroxylation is 1. The smallest absolute Gasteiger partial charge is 0.262 e. The van der Waals surface area contributed by atoms with E-state index in [4.69, 9.17) is 16.1 Å². The van der Waals surface area contributed by atoms with Crippen molar-refractivity contribution in [2.45, 2.75) is 32.0 Å². The Kier molecular flexibility index (Phi) is 5.33. The SMILES string of the molecule is Cc1cc(NC(=O)CSc2nc3cc(Cl)ccc3c(=O)n2C(C)C)no1. The standard InChI is InChI=1S/C17H17ClN4O3S/c1-9(2)22-16(24)12-5-4-11(18)7-13(12)19-17(22)26-8-15(23)20-14-6-10(3)25-21-14/h4-7,9H,8H2,1-3H3,(H,20,21,23). The van der Waals surface area contributed by atoms with Crippen LogP contribution in [-0.2, 0) is 4.79 Å². The van der Waals surface area contributed by atoms with Gasteiger partial charge in [-0.1, -0.05) is 28.5 Å². The van der Waals surface area contributed by atoms with Gasteiger partial charge in [0.05, 0.1) is 16.7 Å². The predicted molar refractivity (Wildman–Crippen MR) is 102 cm³/mol. The number of hydrogen-bond donors (Lipinski definition) is 1. The number of carbonyl (C=O) groups is 1. The van der Waals surface area contributed by atoms with E-state index in [-0.39, 0.29) is 23.3 Å². The zero-order valence-corrected chi connectivity index (χ0v) is 16.0. The summed E-state index contributed by atoms with van der Waals surface area (Å²) in [6.07, 6.45) is 0. The predicted octanol–water partition coefficient (Wildman–Crippen LogP) is 3.66. The van der Waals surface area contributed by atoms with Crippen molar-refractivity contribution in [3.63, 3.8) is 0 Å². The molecule has 2 heterocycles. The van der Waals surface area contributed by atoms with Gasteiger partial charge in [-0.25, -0.2) is 4.98 Å². The first-order valence-electron chi connectivity index (χ1n) is 7.93. The van der Waals surface area contributed by atoms with Crippen molar-refractivity contribution in [1.82, 2.24) is 14.7 Å². The van der Waals surface area contributed by atoms with Gasteiger partial charge < -0.3 is 9.84 Å². The topological polar surface area (TPSA) is 90.0 Å². The van der Waals surface area contributed by atoms with Crippen molar-refractivity contribution in [1.29, 1.82) is 0 Å². The molecule has 0 aliphatic heterocycles. The number of nitrogens with one attached hydrogen (secondary N) is 1. The molecule has 1 amide bonds. The molecule has 136 valence electrons. The number of amides is 1. The fourth-order valence-corrected chi connectivity index (χ4v) is 3.54. The number of anilines is 1. The lowest BCUT2D eigenvalue weighted by atomic mass is 10.2. The molecule has 7 nitrogen and oxygen atoms in total. The zero-order chi connectivity index (χ0) is 18.8. The molecule has 0 unspecified atom stereocenters. The number of hydrogen-bond acceptors (Lipinski definition) is 6. The summed E-state index contributed by atoms with van der Waals surface area (Å²) in [4.78, 5) is 29.4. The molecule has 0 aliphatic carbocycles. The third-order valence-electron chi connectivity index (χ3n) is 3.58. The van der Waals surface area contributed by atoms with Crippen LogP contribution in [0.2, 0.25) is 5.02 Å². The van der Waals surface area contributed by atoms with Crippen LogP contribution in [0.25, 0.3) is 10.9 Å². The molecule has 0 bridgehead atoms. The van der Waals surface area contributed by atoms with E-state index in [1.165, 1.54) is 11.8 Å². The summed E-state index contributed by atoms with van der Waals surface area (Å²) in [5.74, 6) is 0.776. The molecule has 0 radical (unpaired) electrons. The van der Waals surface area contributed by atoms with E-state index in [1.54, 1.807) is 35.8 Å². The molecule has 0 fully saturated rings. The first kappa shape index (κ1) is 18.5. The van der Waals surface area contributed by atoms with Crippen molar-refractivity contribution in [3.05, 3.63) is 45.4 Å². The quantitative estimate of drug-likeness (QED) is 0.526. The molecule has 26 heavy (non-hydrogen) atoms. The third kappa shape index (κ3) is 3.91. The Balaban J connectivity index is 1.87. The van der Waals surface area contributed by atoms with E-state index < -0.39 is 0 Å². The second kappa shape index (κ2) is 7.51. The van der Waals surface area contributed by atoms with Crippen molar-refractivity contribution in [3.8, 4) is 0 Å². The summed E-state index contributed by atoms with van der Waals surface area (Å²) >= 11 is 7.19. The van der Waals surface area contributed by atoms with Crippen molar-refractivity contribution in [2.24, 2.45) is 0 Å². The summed E-state index contributed by atoms with van der Waals surface area (Å²) in [6.45, 7) is 5.53. The number of aromatic nitrogens is 3. The van der Waals surface area contributed by atoms with Crippen LogP contribution >= 0.6 is 23.4 Å². The minimum atomic E-state index is -0.265. The van der Waals surface area contributed by atoms with E-state index in [2.05, 4.69) is 15.5 Å². The van der Waals surface area contributed by atoms with Crippen LogP contribution in [0.5, 0.6) is 0 Å². The molecule has 0 aliphatic rings. The van der Waals surface area contributed by atoms with E-state index >= 15 is 0 Å². The Morgan fingerprint density at radius 1 is 1.38 bits per heavy atom. The largest absolute Gasteiger partial charge is 0.360 e. The number of rotatable bonds is 5. The monoisotopic (exact) mass is 392 g/mol. The van der Waals surface area contributed by atoms with Crippen LogP contribution < -0.4 is 10.9 Å². The second-order valence-electron chi connectivity index (χ2n) is 5.98. The van der Waals surface area contributed by atoms with Crippen molar-refractivity contribution in [2.75, 3.05) is 11.1 Å². The lowest BCUT2D eigenvalue weighted by molar-refractivity contribution is -0.113. The van der Waals surface area contributed by atoms with Gasteiger partial charge in [0, 0.05) is 17.1 Å². The molecule has 1 aromatic carbocycles. The summed E-state index contributed by atoms with van der Waals surface area (Å²) in [5.41, 5.74) is 0.353. The van der Waals surface area contributed by atoms with Crippen molar-refractivity contribution >= 4 is 46.0 Å². The van der Waals surface area contributed by atoms with Gasteiger partial charge in [0.1, 0.15) is 5.76 Å². The maximum Gasteiger partial charge on any atom is 0.262 e. The van der Waals surface area contributed by atoms with Gasteiger partial charge in [-0.3, -0.25) is 14.2 Å². The number of thioether (sulfide) groups is 1. The normalized spacial score (nSPS) is 11.3. The summed E-state index contributed by atoms with van der Waals surface area (Å²) in [5, 5.41) is 7.82. The van der Waals surface area contributed by atoms with Crippen LogP contribution in [0.3, 0.4) is 0 Å². The van der Waals surface area contributed by atoms with Crippen molar-refractivity contribution < 1.29 is 9.32 Å². The van der Waals surface area contributed by atoms with Gasteiger partial charge in [-0.15, -0.1) is 0 Å². The Bertz CT molecular complexity index is 1030. The lowest BCUT2D eigenvalue weighted by Gasteiger charge is -2.16. The first-order chi connectivity index (χ1) is 12.3. The van der Waals surface area contributed by atoms with Crippen LogP contribution in [-0.4, -0.2) is 26.4 Å². The number of halogens is 1. The molecule has 3 aromatic rings. The molecule has 2 aromatic heterocycles. The highest BCUT2D eigenvalue weighted by molar-refractivity contribution is 7.99. The number of benzene rings is 1. The van der Waals surface area contributed by atoms with Crippen LogP contribution in [0.1, 0.15) is 25.6 Å². The minimum Gasteiger partial charge on any atom is -0.360 e. The molecule has 1 N–H and O–H groups in total. The van der Waals surface area contributed by atoms with Gasteiger partial charge in [-0.05, 0) is 39.0 Å². The molecular formula is C17H17ClN4O3S. The van der Waals surface area contributed by atoms with Gasteiger partial charge >= 0.3 is 0 Å². The van der Waals surface area contributed by atoms with Crippen LogP contribution in [0.15, 0.2) is 38.7 Å². The molecule has 0 atom stereocenters. The van der Waals surface area contributed by atoms with E-state index in [1.807, 2.05) is 13.8 Å². The summed E-state index contributed by atoms with van der Waals surface area (Å²) in [7, 11) is 0. The molecule has 9 heteroatoms. The number of carbonyl (C=O) groups excluding carboxylic acids is 1. The highest BCUT2D eigenvalue weighted by atomic mass is 35.5. The van der Waals surface area contributed by atoms with Gasteiger partial charge in [0.15, 0.2) is 11.0 Å². The van der Waals surface area contributed by atoms with Gasteiger partial charge in [0.25, 0.3) is 5.56 Å². The minimum absolute atomic E-state index is 0.0805. The van der Waals surface area contributed by atoms with E-state index in [0.717, 1.165) is 0 Å². The van der Waals surface area contributed by atoms with Crippen LogP contribution in [0, 0.1) is 6.92 Å². The fourth-order valence-electron chi connectivity index (χ4n) is 2.44. The van der Waals surface area contributed by atoms with Gasteiger partial charge in [0.2, 0.25) is 5.91 Å². The highest BCUT2D eigenvalue weighted by Crippen LogP contribution is 2.23. The Morgan fingerprint density at radius 2 is 2.15 bits per heavy atom. The Hall–Kier alpha value is -2.32. The maximum absolute atomic E-state index is 12.8. The summed E-state index contributed by atoms with van der Waals surface area (Å²) < 4.78 is 6.49. The van der Waals surface area contributed by atoms with Gasteiger partial charge in [-0.2, -0.15) is 0 Å². The Labute approximate surface area is 158 Å². The van der Waals surface area contributed by atoms with E-state index in [9.17, 15) is 9.59 Å². The second-order valence-corrected chi connectivity index (χ2v) is 7.36. The molecule has 3 rings (SSSR count). The zero-order valence-electron chi connectivity index (χ0n) is 14.4. The number of nitrogens with zero attached hydrogens (tertiary/aromatic N) is 3.